The molecular formula is C14H13BrClNO3S. The van der Waals surface area contributed by atoms with Crippen LogP contribution in [0.2, 0.25) is 5.02 Å². The Morgan fingerprint density at radius 3 is 2.52 bits per heavy atom. The van der Waals surface area contributed by atoms with Gasteiger partial charge in [0.1, 0.15) is 10.6 Å². The van der Waals surface area contributed by atoms with Crippen LogP contribution in [0.25, 0.3) is 0 Å². The van der Waals surface area contributed by atoms with Crippen LogP contribution in [0.4, 0.5) is 5.69 Å². The second-order valence-corrected chi connectivity index (χ2v) is 7.42. The maximum atomic E-state index is 12.8. The first-order valence-corrected chi connectivity index (χ1v) is 8.74. The number of anilines is 1. The monoisotopic (exact) mass is 389 g/mol. The standard InChI is InChI=1S/C14H13BrClNO3S/c1-2-17(11-4-3-5-12(18)9-11)21(19,20)14-7-6-10(15)8-13(14)16/h3-9,18H,2H2,1H3. The van der Waals surface area contributed by atoms with Gasteiger partial charge in [-0.2, -0.15) is 0 Å². The molecule has 2 rings (SSSR count). The third kappa shape index (κ3) is 3.33. The molecule has 112 valence electrons. The summed E-state index contributed by atoms with van der Waals surface area (Å²) in [4.78, 5) is 0.0255. The zero-order valence-electron chi connectivity index (χ0n) is 11.1. The second-order valence-electron chi connectivity index (χ2n) is 4.26. The molecule has 0 fully saturated rings. The molecule has 0 aliphatic heterocycles. The Labute approximate surface area is 137 Å². The fraction of sp³-hybridized carbons (Fsp3) is 0.143. The Hall–Kier alpha value is -1.24. The van der Waals surface area contributed by atoms with Crippen molar-refractivity contribution < 1.29 is 13.5 Å². The van der Waals surface area contributed by atoms with E-state index in [9.17, 15) is 13.5 Å². The number of nitrogens with zero attached hydrogens (tertiary/aromatic N) is 1. The summed E-state index contributed by atoms with van der Waals surface area (Å²) in [6.07, 6.45) is 0. The zero-order valence-corrected chi connectivity index (χ0v) is 14.3. The van der Waals surface area contributed by atoms with Gasteiger partial charge in [0.25, 0.3) is 10.0 Å². The largest absolute Gasteiger partial charge is 0.508 e. The summed E-state index contributed by atoms with van der Waals surface area (Å²) in [6.45, 7) is 1.94. The number of phenolic OH excluding ortho intramolecular Hbond substituents is 1. The first-order valence-electron chi connectivity index (χ1n) is 6.13. The van der Waals surface area contributed by atoms with Gasteiger partial charge in [0.05, 0.1) is 10.7 Å². The molecule has 21 heavy (non-hydrogen) atoms. The molecule has 1 N–H and O–H groups in total. The van der Waals surface area contributed by atoms with E-state index >= 15 is 0 Å². The fourth-order valence-electron chi connectivity index (χ4n) is 1.94. The predicted molar refractivity (Wildman–Crippen MR) is 87.5 cm³/mol. The van der Waals surface area contributed by atoms with Crippen LogP contribution in [0.5, 0.6) is 5.75 Å². The SMILES string of the molecule is CCN(c1cccc(O)c1)S(=O)(=O)c1ccc(Br)cc1Cl. The Balaban J connectivity index is 2.54. The van der Waals surface area contributed by atoms with Crippen molar-refractivity contribution in [1.82, 2.24) is 0 Å². The molecule has 2 aromatic rings. The predicted octanol–water partition coefficient (Wildman–Crippen LogP) is 4.02. The fourth-order valence-corrected chi connectivity index (χ4v) is 4.42. The van der Waals surface area contributed by atoms with E-state index in [2.05, 4.69) is 15.9 Å². The summed E-state index contributed by atoms with van der Waals surface area (Å²) < 4.78 is 27.4. The number of sulfonamides is 1. The molecule has 4 nitrogen and oxygen atoms in total. The summed E-state index contributed by atoms with van der Waals surface area (Å²) in [5, 5.41) is 9.67. The molecule has 0 aromatic heterocycles. The Kier molecular flexibility index (Phi) is 4.81. The van der Waals surface area contributed by atoms with Gasteiger partial charge in [0, 0.05) is 17.1 Å². The lowest BCUT2D eigenvalue weighted by Crippen LogP contribution is -2.30. The van der Waals surface area contributed by atoms with E-state index in [1.165, 1.54) is 28.6 Å². The van der Waals surface area contributed by atoms with Crippen LogP contribution in [0.3, 0.4) is 0 Å². The highest BCUT2D eigenvalue weighted by molar-refractivity contribution is 9.10. The molecule has 0 atom stereocenters. The number of hydrogen-bond donors (Lipinski definition) is 1. The van der Waals surface area contributed by atoms with Crippen molar-refractivity contribution in [3.05, 3.63) is 52.0 Å². The molecule has 0 unspecified atom stereocenters. The number of hydrogen-bond acceptors (Lipinski definition) is 3. The van der Waals surface area contributed by atoms with Gasteiger partial charge in [-0.1, -0.05) is 33.6 Å². The van der Waals surface area contributed by atoms with E-state index in [1.54, 1.807) is 25.1 Å². The van der Waals surface area contributed by atoms with Crippen molar-refractivity contribution in [2.75, 3.05) is 10.8 Å². The Morgan fingerprint density at radius 2 is 1.95 bits per heavy atom. The zero-order chi connectivity index (χ0) is 15.6. The molecule has 0 aliphatic carbocycles. The highest BCUT2D eigenvalue weighted by Crippen LogP contribution is 2.31. The van der Waals surface area contributed by atoms with Gasteiger partial charge in [-0.25, -0.2) is 8.42 Å². The molecule has 2 aromatic carbocycles. The first kappa shape index (κ1) is 16.1. The molecule has 0 saturated carbocycles. The average Bonchev–Trinajstić information content (AvgIpc) is 2.38. The first-order chi connectivity index (χ1) is 9.86. The smallest absolute Gasteiger partial charge is 0.265 e. The van der Waals surface area contributed by atoms with Gasteiger partial charge >= 0.3 is 0 Å². The van der Waals surface area contributed by atoms with E-state index in [4.69, 9.17) is 11.6 Å². The van der Waals surface area contributed by atoms with Gasteiger partial charge in [-0.3, -0.25) is 4.31 Å². The minimum absolute atomic E-state index is 0.00283. The molecule has 0 spiro atoms. The molecule has 0 aliphatic rings. The lowest BCUT2D eigenvalue weighted by Gasteiger charge is -2.23. The summed E-state index contributed by atoms with van der Waals surface area (Å²) in [6, 6.07) is 10.7. The normalized spacial score (nSPS) is 11.4. The van der Waals surface area contributed by atoms with Crippen LogP contribution < -0.4 is 4.31 Å². The highest BCUT2D eigenvalue weighted by atomic mass is 79.9. The van der Waals surface area contributed by atoms with Crippen molar-refractivity contribution in [1.29, 1.82) is 0 Å². The topological polar surface area (TPSA) is 57.6 Å². The number of aromatic hydroxyl groups is 1. The molecule has 0 saturated heterocycles. The van der Waals surface area contributed by atoms with E-state index in [-0.39, 0.29) is 22.2 Å². The van der Waals surface area contributed by atoms with E-state index in [0.717, 1.165) is 0 Å². The minimum atomic E-state index is -3.80. The number of halogens is 2. The van der Waals surface area contributed by atoms with Crippen LogP contribution in [-0.2, 0) is 10.0 Å². The summed E-state index contributed by atoms with van der Waals surface area (Å²) >= 11 is 9.29. The maximum Gasteiger partial charge on any atom is 0.265 e. The van der Waals surface area contributed by atoms with Gasteiger partial charge < -0.3 is 5.11 Å². The van der Waals surface area contributed by atoms with Gasteiger partial charge in [0.2, 0.25) is 0 Å². The summed E-state index contributed by atoms with van der Waals surface area (Å²) in [5.41, 5.74) is 0.386. The molecule has 0 radical (unpaired) electrons. The average molecular weight is 391 g/mol. The van der Waals surface area contributed by atoms with Crippen molar-refractivity contribution in [3.63, 3.8) is 0 Å². The molecule has 0 bridgehead atoms. The molecular weight excluding hydrogens is 378 g/mol. The lowest BCUT2D eigenvalue weighted by molar-refractivity contribution is 0.475. The molecule has 0 heterocycles. The van der Waals surface area contributed by atoms with Gasteiger partial charge in [0.15, 0.2) is 0 Å². The van der Waals surface area contributed by atoms with Gasteiger partial charge in [-0.15, -0.1) is 0 Å². The molecule has 0 amide bonds. The Morgan fingerprint density at radius 1 is 1.24 bits per heavy atom. The van der Waals surface area contributed by atoms with Crippen molar-refractivity contribution in [2.24, 2.45) is 0 Å². The minimum Gasteiger partial charge on any atom is -0.508 e. The number of rotatable bonds is 4. The van der Waals surface area contributed by atoms with E-state index in [1.807, 2.05) is 0 Å². The summed E-state index contributed by atoms with van der Waals surface area (Å²) in [7, 11) is -3.80. The summed E-state index contributed by atoms with van der Waals surface area (Å²) in [5.74, 6) is 0.00283. The lowest BCUT2D eigenvalue weighted by atomic mass is 10.3. The van der Waals surface area contributed by atoms with Crippen molar-refractivity contribution in [3.8, 4) is 5.75 Å². The maximum absolute atomic E-state index is 12.8. The Bertz CT molecular complexity index is 765. The van der Waals surface area contributed by atoms with Crippen LogP contribution in [-0.4, -0.2) is 20.1 Å². The number of benzene rings is 2. The van der Waals surface area contributed by atoms with Crippen LogP contribution in [0, 0.1) is 0 Å². The second kappa shape index (κ2) is 6.25. The van der Waals surface area contributed by atoms with E-state index < -0.39 is 10.0 Å². The van der Waals surface area contributed by atoms with Crippen LogP contribution >= 0.6 is 27.5 Å². The van der Waals surface area contributed by atoms with Crippen molar-refractivity contribution >= 4 is 43.2 Å². The molecule has 7 heteroatoms. The van der Waals surface area contributed by atoms with E-state index in [0.29, 0.717) is 10.2 Å². The van der Waals surface area contributed by atoms with Gasteiger partial charge in [-0.05, 0) is 37.3 Å². The van der Waals surface area contributed by atoms with Crippen molar-refractivity contribution in [2.45, 2.75) is 11.8 Å². The highest BCUT2D eigenvalue weighted by Gasteiger charge is 2.26. The quantitative estimate of drug-likeness (QED) is 0.857. The van der Waals surface area contributed by atoms with Crippen LogP contribution in [0.1, 0.15) is 6.92 Å². The number of phenols is 1. The third-order valence-corrected chi connectivity index (χ3v) is 5.75. The van der Waals surface area contributed by atoms with Crippen LogP contribution in [0.15, 0.2) is 51.8 Å². The third-order valence-electron chi connectivity index (χ3n) is 2.87.